The van der Waals surface area contributed by atoms with Gasteiger partial charge in [0.2, 0.25) is 11.8 Å². The lowest BCUT2D eigenvalue weighted by Crippen LogP contribution is -2.51. The van der Waals surface area contributed by atoms with E-state index in [0.717, 1.165) is 18.4 Å². The number of ether oxygens (including phenoxy) is 1. The Kier molecular flexibility index (Phi) is 5.91. The van der Waals surface area contributed by atoms with E-state index in [1.54, 1.807) is 16.7 Å². The van der Waals surface area contributed by atoms with Crippen LogP contribution in [0.1, 0.15) is 38.2 Å². The van der Waals surface area contributed by atoms with Crippen LogP contribution in [-0.4, -0.2) is 53.3 Å². The van der Waals surface area contributed by atoms with Crippen molar-refractivity contribution in [3.8, 4) is 0 Å². The third-order valence-electron chi connectivity index (χ3n) is 5.12. The molecule has 0 spiro atoms. The van der Waals surface area contributed by atoms with Crippen molar-refractivity contribution in [1.29, 1.82) is 0 Å². The summed E-state index contributed by atoms with van der Waals surface area (Å²) in [4.78, 5) is 40.9. The third-order valence-corrected chi connectivity index (χ3v) is 5.12. The Balaban J connectivity index is 1.65. The van der Waals surface area contributed by atoms with E-state index in [2.05, 4.69) is 0 Å². The van der Waals surface area contributed by atoms with Gasteiger partial charge >= 0.3 is 5.97 Å². The predicted molar refractivity (Wildman–Crippen MR) is 96.0 cm³/mol. The van der Waals surface area contributed by atoms with Gasteiger partial charge in [0.05, 0.1) is 12.5 Å². The Bertz CT molecular complexity index is 661. The highest BCUT2D eigenvalue weighted by atomic mass is 16.5. The Morgan fingerprint density at radius 3 is 2.69 bits per heavy atom. The van der Waals surface area contributed by atoms with Crippen LogP contribution in [0.15, 0.2) is 30.3 Å². The molecule has 2 amide bonds. The monoisotopic (exact) mass is 358 g/mol. The van der Waals surface area contributed by atoms with Gasteiger partial charge in [-0.25, -0.2) is 4.79 Å². The number of esters is 1. The normalized spacial score (nSPS) is 23.2. The minimum absolute atomic E-state index is 0.00287. The van der Waals surface area contributed by atoms with Crippen LogP contribution in [-0.2, 0) is 25.7 Å². The zero-order valence-electron chi connectivity index (χ0n) is 15.2. The second-order valence-electron chi connectivity index (χ2n) is 6.96. The summed E-state index contributed by atoms with van der Waals surface area (Å²) in [5.41, 5.74) is 1.05. The molecule has 2 aliphatic heterocycles. The zero-order valence-corrected chi connectivity index (χ0v) is 15.2. The summed E-state index contributed by atoms with van der Waals surface area (Å²) in [5, 5.41) is 0. The highest BCUT2D eigenvalue weighted by Crippen LogP contribution is 2.26. The first kappa shape index (κ1) is 18.4. The molecule has 2 fully saturated rings. The number of likely N-dealkylation sites (tertiary alicyclic amines) is 2. The fourth-order valence-electron chi connectivity index (χ4n) is 3.81. The Hall–Kier alpha value is -2.37. The average Bonchev–Trinajstić information content (AvgIpc) is 3.02. The summed E-state index contributed by atoms with van der Waals surface area (Å²) in [6.45, 7) is 3.57. The molecule has 0 saturated carbocycles. The summed E-state index contributed by atoms with van der Waals surface area (Å²) in [6.07, 6.45) is 2.66. The number of nitrogens with zero attached hydrogens (tertiary/aromatic N) is 2. The maximum Gasteiger partial charge on any atom is 0.328 e. The van der Waals surface area contributed by atoms with Crippen molar-refractivity contribution in [2.45, 2.75) is 45.2 Å². The highest BCUT2D eigenvalue weighted by Gasteiger charge is 2.41. The van der Waals surface area contributed by atoms with Gasteiger partial charge in [-0.1, -0.05) is 30.3 Å². The molecule has 0 bridgehead atoms. The van der Waals surface area contributed by atoms with E-state index < -0.39 is 6.04 Å². The second-order valence-corrected chi connectivity index (χ2v) is 6.96. The van der Waals surface area contributed by atoms with Gasteiger partial charge in [0.1, 0.15) is 6.04 Å². The number of piperidine rings is 1. The van der Waals surface area contributed by atoms with Crippen LogP contribution in [0.5, 0.6) is 0 Å². The Morgan fingerprint density at radius 2 is 1.96 bits per heavy atom. The van der Waals surface area contributed by atoms with E-state index in [-0.39, 0.29) is 30.1 Å². The van der Waals surface area contributed by atoms with E-state index in [4.69, 9.17) is 4.74 Å². The molecule has 0 aromatic heterocycles. The minimum atomic E-state index is -0.505. The zero-order chi connectivity index (χ0) is 18.5. The molecule has 2 unspecified atom stereocenters. The molecule has 26 heavy (non-hydrogen) atoms. The lowest BCUT2D eigenvalue weighted by atomic mass is 9.98. The van der Waals surface area contributed by atoms with Crippen molar-refractivity contribution >= 4 is 17.8 Å². The molecular weight excluding hydrogens is 332 g/mol. The van der Waals surface area contributed by atoms with Gasteiger partial charge in [-0.3, -0.25) is 9.59 Å². The lowest BCUT2D eigenvalue weighted by molar-refractivity contribution is -0.158. The van der Waals surface area contributed by atoms with Crippen molar-refractivity contribution in [2.24, 2.45) is 5.92 Å². The maximum atomic E-state index is 13.0. The largest absolute Gasteiger partial charge is 0.464 e. The SMILES string of the molecule is CCOC(=O)C1CCCCN1C(=O)C1CC(=O)N(Cc2ccccc2)C1. The molecule has 2 heterocycles. The number of carbonyl (C=O) groups is 3. The molecule has 2 atom stereocenters. The van der Waals surface area contributed by atoms with Crippen molar-refractivity contribution in [3.05, 3.63) is 35.9 Å². The molecule has 0 radical (unpaired) electrons. The van der Waals surface area contributed by atoms with Crippen LogP contribution in [0.2, 0.25) is 0 Å². The van der Waals surface area contributed by atoms with Gasteiger partial charge in [0.15, 0.2) is 0 Å². The summed E-state index contributed by atoms with van der Waals surface area (Å²) < 4.78 is 5.14. The van der Waals surface area contributed by atoms with E-state index >= 15 is 0 Å². The average molecular weight is 358 g/mol. The van der Waals surface area contributed by atoms with Gasteiger partial charge in [-0.15, -0.1) is 0 Å². The molecule has 2 saturated heterocycles. The molecule has 0 aliphatic carbocycles. The molecule has 0 N–H and O–H groups in total. The predicted octanol–water partition coefficient (Wildman–Crippen LogP) is 1.98. The first-order valence-electron chi connectivity index (χ1n) is 9.39. The number of hydrogen-bond donors (Lipinski definition) is 0. The van der Waals surface area contributed by atoms with E-state index in [1.807, 2.05) is 30.3 Å². The van der Waals surface area contributed by atoms with Crippen LogP contribution in [0, 0.1) is 5.92 Å². The molecule has 6 heteroatoms. The summed E-state index contributed by atoms with van der Waals surface area (Å²) >= 11 is 0. The topological polar surface area (TPSA) is 66.9 Å². The molecule has 6 nitrogen and oxygen atoms in total. The smallest absolute Gasteiger partial charge is 0.328 e. The summed E-state index contributed by atoms with van der Waals surface area (Å²) in [5.74, 6) is -0.796. The summed E-state index contributed by atoms with van der Waals surface area (Å²) in [7, 11) is 0. The van der Waals surface area contributed by atoms with Crippen LogP contribution < -0.4 is 0 Å². The first-order valence-corrected chi connectivity index (χ1v) is 9.39. The standard InChI is InChI=1S/C20H26N2O4/c1-2-26-20(25)17-10-6-7-11-22(17)19(24)16-12-18(23)21(14-16)13-15-8-4-3-5-9-15/h3-5,8-9,16-17H,2,6-7,10-14H2,1H3. The molecule has 1 aromatic carbocycles. The molecule has 2 aliphatic rings. The molecule has 3 rings (SSSR count). The maximum absolute atomic E-state index is 13.0. The number of amides is 2. The quantitative estimate of drug-likeness (QED) is 0.755. The van der Waals surface area contributed by atoms with Crippen LogP contribution >= 0.6 is 0 Å². The van der Waals surface area contributed by atoms with E-state index in [9.17, 15) is 14.4 Å². The molecular formula is C20H26N2O4. The van der Waals surface area contributed by atoms with Crippen molar-refractivity contribution in [2.75, 3.05) is 19.7 Å². The van der Waals surface area contributed by atoms with E-state index in [0.29, 0.717) is 32.7 Å². The van der Waals surface area contributed by atoms with Gasteiger partial charge < -0.3 is 14.5 Å². The van der Waals surface area contributed by atoms with Crippen molar-refractivity contribution < 1.29 is 19.1 Å². The number of carbonyl (C=O) groups excluding carboxylic acids is 3. The van der Waals surface area contributed by atoms with Crippen LogP contribution in [0.3, 0.4) is 0 Å². The molecule has 140 valence electrons. The molecule has 1 aromatic rings. The number of hydrogen-bond acceptors (Lipinski definition) is 4. The van der Waals surface area contributed by atoms with Crippen LogP contribution in [0.25, 0.3) is 0 Å². The van der Waals surface area contributed by atoms with Crippen molar-refractivity contribution in [1.82, 2.24) is 9.80 Å². The minimum Gasteiger partial charge on any atom is -0.464 e. The second kappa shape index (κ2) is 8.34. The van der Waals surface area contributed by atoms with Crippen LogP contribution in [0.4, 0.5) is 0 Å². The third kappa shape index (κ3) is 4.06. The van der Waals surface area contributed by atoms with Gasteiger partial charge in [0.25, 0.3) is 0 Å². The number of benzene rings is 1. The Labute approximate surface area is 154 Å². The Morgan fingerprint density at radius 1 is 1.19 bits per heavy atom. The van der Waals surface area contributed by atoms with Gasteiger partial charge in [0, 0.05) is 26.1 Å². The fourth-order valence-corrected chi connectivity index (χ4v) is 3.81. The number of rotatable bonds is 5. The fraction of sp³-hybridized carbons (Fsp3) is 0.550. The highest BCUT2D eigenvalue weighted by molar-refractivity contribution is 5.91. The van der Waals surface area contributed by atoms with Gasteiger partial charge in [-0.2, -0.15) is 0 Å². The van der Waals surface area contributed by atoms with Gasteiger partial charge in [-0.05, 0) is 31.7 Å². The summed E-state index contributed by atoms with van der Waals surface area (Å²) in [6, 6.07) is 9.27. The lowest BCUT2D eigenvalue weighted by Gasteiger charge is -2.35. The van der Waals surface area contributed by atoms with Crippen molar-refractivity contribution in [3.63, 3.8) is 0 Å². The first-order chi connectivity index (χ1) is 12.6. The van der Waals surface area contributed by atoms with E-state index in [1.165, 1.54) is 0 Å².